The molecule has 4 nitrogen and oxygen atoms in total. The molecule has 1 aliphatic rings. The van der Waals surface area contributed by atoms with E-state index in [1.54, 1.807) is 0 Å². The average molecular weight is 326 g/mol. The van der Waals surface area contributed by atoms with Crippen LogP contribution in [0.25, 0.3) is 0 Å². The van der Waals surface area contributed by atoms with Crippen molar-refractivity contribution in [1.82, 2.24) is 0 Å². The van der Waals surface area contributed by atoms with E-state index in [1.165, 1.54) is 12.8 Å². The van der Waals surface area contributed by atoms with Crippen LogP contribution >= 0.6 is 15.9 Å². The number of halogens is 1. The number of aliphatic hydroxyl groups excluding tert-OH is 1. The molecule has 1 aromatic carbocycles. The van der Waals surface area contributed by atoms with Gasteiger partial charge in [0.05, 0.1) is 6.61 Å². The summed E-state index contributed by atoms with van der Waals surface area (Å²) in [6.45, 7) is 0.696. The van der Waals surface area contributed by atoms with Crippen LogP contribution in [0.2, 0.25) is 0 Å². The first-order chi connectivity index (χ1) is 9.13. The van der Waals surface area contributed by atoms with Gasteiger partial charge in [-0.3, -0.25) is 5.41 Å². The molecule has 0 atom stereocenters. The Morgan fingerprint density at radius 3 is 2.68 bits per heavy atom. The molecule has 0 radical (unpaired) electrons. The number of nitrogens with two attached hydrogens (primary N) is 1. The van der Waals surface area contributed by atoms with E-state index in [4.69, 9.17) is 11.1 Å². The molecule has 1 aromatic rings. The Morgan fingerprint density at radius 2 is 2.11 bits per heavy atom. The maximum Gasteiger partial charge on any atom is 0.124 e. The Kier molecular flexibility index (Phi) is 4.82. The van der Waals surface area contributed by atoms with Crippen LogP contribution in [0.15, 0.2) is 22.7 Å². The smallest absolute Gasteiger partial charge is 0.124 e. The van der Waals surface area contributed by atoms with Crippen molar-refractivity contribution >= 4 is 27.5 Å². The number of benzene rings is 1. The number of hydrogen-bond acceptors (Lipinski definition) is 3. The van der Waals surface area contributed by atoms with Gasteiger partial charge in [0.1, 0.15) is 5.84 Å². The van der Waals surface area contributed by atoms with Crippen LogP contribution in [0.4, 0.5) is 5.69 Å². The fourth-order valence-electron chi connectivity index (χ4n) is 2.79. The van der Waals surface area contributed by atoms with Gasteiger partial charge >= 0.3 is 0 Å². The number of amidine groups is 1. The minimum Gasteiger partial charge on any atom is -0.395 e. The summed E-state index contributed by atoms with van der Waals surface area (Å²) in [7, 11) is 0. The summed E-state index contributed by atoms with van der Waals surface area (Å²) in [5.41, 5.74) is 7.36. The van der Waals surface area contributed by atoms with Gasteiger partial charge in [-0.1, -0.05) is 28.8 Å². The van der Waals surface area contributed by atoms with Gasteiger partial charge in [-0.2, -0.15) is 0 Å². The Morgan fingerprint density at radius 1 is 1.42 bits per heavy atom. The lowest BCUT2D eigenvalue weighted by Gasteiger charge is -2.32. The van der Waals surface area contributed by atoms with Gasteiger partial charge in [0.15, 0.2) is 0 Å². The van der Waals surface area contributed by atoms with Crippen molar-refractivity contribution in [3.8, 4) is 0 Å². The Bertz CT molecular complexity index is 458. The van der Waals surface area contributed by atoms with Crippen molar-refractivity contribution in [2.24, 2.45) is 5.73 Å². The topological polar surface area (TPSA) is 73.3 Å². The number of hydrogen-bond donors (Lipinski definition) is 3. The van der Waals surface area contributed by atoms with E-state index in [0.717, 1.165) is 28.6 Å². The van der Waals surface area contributed by atoms with Crippen molar-refractivity contribution in [2.75, 3.05) is 18.1 Å². The first-order valence-electron chi connectivity index (χ1n) is 6.65. The van der Waals surface area contributed by atoms with Gasteiger partial charge in [0.2, 0.25) is 0 Å². The number of nitrogens with one attached hydrogen (secondary N) is 1. The monoisotopic (exact) mass is 325 g/mol. The molecule has 5 heteroatoms. The number of aliphatic hydroxyl groups is 1. The summed E-state index contributed by atoms with van der Waals surface area (Å²) in [5, 5.41) is 17.0. The highest BCUT2D eigenvalue weighted by molar-refractivity contribution is 9.10. The summed E-state index contributed by atoms with van der Waals surface area (Å²) < 4.78 is 0.966. The first-order valence-corrected chi connectivity index (χ1v) is 7.44. The predicted molar refractivity (Wildman–Crippen MR) is 81.8 cm³/mol. The molecule has 0 heterocycles. The summed E-state index contributed by atoms with van der Waals surface area (Å²) in [4.78, 5) is 2.20. The van der Waals surface area contributed by atoms with Crippen molar-refractivity contribution in [2.45, 2.75) is 31.7 Å². The van der Waals surface area contributed by atoms with Gasteiger partial charge in [-0.05, 0) is 31.0 Å². The Labute approximate surface area is 122 Å². The third kappa shape index (κ3) is 3.28. The van der Waals surface area contributed by atoms with Crippen LogP contribution in [0.5, 0.6) is 0 Å². The van der Waals surface area contributed by atoms with Gasteiger partial charge in [0.25, 0.3) is 0 Å². The van der Waals surface area contributed by atoms with E-state index >= 15 is 0 Å². The van der Waals surface area contributed by atoms with Crippen LogP contribution in [0, 0.1) is 5.41 Å². The molecule has 19 heavy (non-hydrogen) atoms. The van der Waals surface area contributed by atoms with Gasteiger partial charge in [-0.25, -0.2) is 0 Å². The summed E-state index contributed by atoms with van der Waals surface area (Å²) in [6, 6.07) is 6.19. The molecule has 1 saturated carbocycles. The molecule has 0 saturated heterocycles. The SMILES string of the molecule is N=C(N)c1ccc(Br)cc1N(CCO)C1CCCC1. The highest BCUT2D eigenvalue weighted by Crippen LogP contribution is 2.32. The maximum atomic E-state index is 9.32. The molecule has 1 aliphatic carbocycles. The van der Waals surface area contributed by atoms with Crippen molar-refractivity contribution in [1.29, 1.82) is 5.41 Å². The largest absolute Gasteiger partial charge is 0.395 e. The maximum absolute atomic E-state index is 9.32. The van der Waals surface area contributed by atoms with E-state index in [9.17, 15) is 5.11 Å². The Balaban J connectivity index is 2.39. The summed E-state index contributed by atoms with van der Waals surface area (Å²) >= 11 is 3.47. The van der Waals surface area contributed by atoms with Crippen LogP contribution in [0.3, 0.4) is 0 Å². The normalized spacial score (nSPS) is 15.7. The van der Waals surface area contributed by atoms with Gasteiger partial charge in [0, 0.05) is 28.3 Å². The molecule has 0 bridgehead atoms. The van der Waals surface area contributed by atoms with Gasteiger partial charge in [-0.15, -0.1) is 0 Å². The molecule has 0 aromatic heterocycles. The number of nitrogens with zero attached hydrogens (tertiary/aromatic N) is 1. The van der Waals surface area contributed by atoms with Crippen LogP contribution in [-0.4, -0.2) is 30.1 Å². The quantitative estimate of drug-likeness (QED) is 0.575. The highest BCUT2D eigenvalue weighted by atomic mass is 79.9. The minimum absolute atomic E-state index is 0.0726. The van der Waals surface area contributed by atoms with Crippen molar-refractivity contribution < 1.29 is 5.11 Å². The minimum atomic E-state index is 0.0726. The predicted octanol–water partition coefficient (Wildman–Crippen LogP) is 2.47. The molecule has 0 aliphatic heterocycles. The zero-order valence-electron chi connectivity index (χ0n) is 10.9. The number of nitrogen functional groups attached to an aromatic ring is 1. The van der Waals surface area contributed by atoms with E-state index < -0.39 is 0 Å². The molecule has 1 fully saturated rings. The Hall–Kier alpha value is -1.07. The molecule has 0 amide bonds. The molecular weight excluding hydrogens is 306 g/mol. The van der Waals surface area contributed by atoms with Crippen LogP contribution in [0.1, 0.15) is 31.2 Å². The number of rotatable bonds is 5. The molecule has 0 unspecified atom stereocenters. The van der Waals surface area contributed by atoms with Crippen LogP contribution in [-0.2, 0) is 0 Å². The molecule has 4 N–H and O–H groups in total. The lowest BCUT2D eigenvalue weighted by atomic mass is 10.1. The second-order valence-corrected chi connectivity index (χ2v) is 5.85. The summed E-state index contributed by atoms with van der Waals surface area (Å²) in [5.74, 6) is 0.0726. The fourth-order valence-corrected chi connectivity index (χ4v) is 3.14. The fraction of sp³-hybridized carbons (Fsp3) is 0.500. The van der Waals surface area contributed by atoms with E-state index in [-0.39, 0.29) is 12.4 Å². The molecule has 104 valence electrons. The zero-order valence-corrected chi connectivity index (χ0v) is 12.5. The van der Waals surface area contributed by atoms with Crippen molar-refractivity contribution in [3.63, 3.8) is 0 Å². The molecular formula is C14H20BrN3O. The first kappa shape index (κ1) is 14.3. The second kappa shape index (κ2) is 6.39. The second-order valence-electron chi connectivity index (χ2n) is 4.93. The van der Waals surface area contributed by atoms with Gasteiger partial charge < -0.3 is 15.7 Å². The average Bonchev–Trinajstić information content (AvgIpc) is 2.89. The van der Waals surface area contributed by atoms with Crippen LogP contribution < -0.4 is 10.6 Å². The van der Waals surface area contributed by atoms with Crippen molar-refractivity contribution in [3.05, 3.63) is 28.2 Å². The van der Waals surface area contributed by atoms with E-state index in [2.05, 4.69) is 20.8 Å². The lowest BCUT2D eigenvalue weighted by molar-refractivity contribution is 0.297. The summed E-state index contributed by atoms with van der Waals surface area (Å²) in [6.07, 6.45) is 4.75. The third-order valence-electron chi connectivity index (χ3n) is 3.67. The number of anilines is 1. The van der Waals surface area contributed by atoms with E-state index in [1.807, 2.05) is 18.2 Å². The highest BCUT2D eigenvalue weighted by Gasteiger charge is 2.24. The zero-order chi connectivity index (χ0) is 13.8. The molecule has 0 spiro atoms. The van der Waals surface area contributed by atoms with E-state index in [0.29, 0.717) is 12.6 Å². The lowest BCUT2D eigenvalue weighted by Crippen LogP contribution is -2.37. The standard InChI is InChI=1S/C14H20BrN3O/c15-10-5-6-12(14(16)17)13(9-10)18(7-8-19)11-3-1-2-4-11/h5-6,9,11,19H,1-4,7-8H2,(H3,16,17). The third-order valence-corrected chi connectivity index (χ3v) is 4.16. The molecule has 2 rings (SSSR count).